The lowest BCUT2D eigenvalue weighted by molar-refractivity contribution is 0.661. The van der Waals surface area contributed by atoms with Gasteiger partial charge in [-0.3, -0.25) is 0 Å². The lowest BCUT2D eigenvalue weighted by Crippen LogP contribution is -2.15. The molecule has 0 unspecified atom stereocenters. The highest BCUT2D eigenvalue weighted by Crippen LogP contribution is 2.55. The van der Waals surface area contributed by atoms with Crippen LogP contribution in [-0.4, -0.2) is 9.13 Å². The smallest absolute Gasteiger partial charge is 0.0625 e. The fourth-order valence-electron chi connectivity index (χ4n) is 10.1. The van der Waals surface area contributed by atoms with Gasteiger partial charge in [-0.1, -0.05) is 153 Å². The van der Waals surface area contributed by atoms with E-state index < -0.39 is 0 Å². The summed E-state index contributed by atoms with van der Waals surface area (Å²) in [5, 5.41) is 7.58. The molecule has 57 heavy (non-hydrogen) atoms. The molecule has 1 aliphatic rings. The molecule has 1 aliphatic carbocycles. The van der Waals surface area contributed by atoms with Crippen molar-refractivity contribution in [3.8, 4) is 44.8 Å². The first-order chi connectivity index (χ1) is 28.1. The molecular weight excluding hydrogens is 689 g/mol. The van der Waals surface area contributed by atoms with Crippen molar-refractivity contribution in [1.82, 2.24) is 9.13 Å². The van der Waals surface area contributed by atoms with Crippen LogP contribution in [0.25, 0.3) is 99.1 Å². The fourth-order valence-corrected chi connectivity index (χ4v) is 10.1. The van der Waals surface area contributed by atoms with Crippen LogP contribution in [-0.2, 0) is 5.41 Å². The van der Waals surface area contributed by atoms with E-state index in [9.17, 15) is 0 Å². The van der Waals surface area contributed by atoms with Gasteiger partial charge in [0.2, 0.25) is 0 Å². The Hall–Kier alpha value is -7.16. The largest absolute Gasteiger partial charge is 0.309 e. The summed E-state index contributed by atoms with van der Waals surface area (Å²) in [4.78, 5) is 0. The van der Waals surface area contributed by atoms with Crippen molar-refractivity contribution in [2.45, 2.75) is 19.3 Å². The number of hydrogen-bond donors (Lipinski definition) is 0. The normalized spacial score (nSPS) is 13.2. The molecule has 0 atom stereocenters. The average molecular weight is 727 g/mol. The third-order valence-corrected chi connectivity index (χ3v) is 12.7. The molecule has 2 aromatic heterocycles. The number of benzene rings is 9. The summed E-state index contributed by atoms with van der Waals surface area (Å²) in [6.07, 6.45) is 0. The van der Waals surface area contributed by atoms with E-state index in [1.807, 2.05) is 0 Å². The molecule has 0 amide bonds. The third-order valence-electron chi connectivity index (χ3n) is 12.7. The van der Waals surface area contributed by atoms with Crippen LogP contribution in [0.15, 0.2) is 194 Å². The minimum Gasteiger partial charge on any atom is -0.309 e. The molecule has 2 heteroatoms. The first kappa shape index (κ1) is 32.1. The van der Waals surface area contributed by atoms with E-state index >= 15 is 0 Å². The Morgan fingerprint density at radius 1 is 0.368 bits per heavy atom. The van der Waals surface area contributed by atoms with Crippen LogP contribution < -0.4 is 0 Å². The highest BCUT2D eigenvalue weighted by Gasteiger charge is 2.38. The maximum Gasteiger partial charge on any atom is 0.0625 e. The molecule has 0 saturated carbocycles. The van der Waals surface area contributed by atoms with E-state index in [4.69, 9.17) is 0 Å². The minimum absolute atomic E-state index is 0.172. The van der Waals surface area contributed by atoms with Crippen molar-refractivity contribution in [1.29, 1.82) is 0 Å². The summed E-state index contributed by atoms with van der Waals surface area (Å²) in [7, 11) is 0. The second-order valence-corrected chi connectivity index (χ2v) is 16.1. The summed E-state index contributed by atoms with van der Waals surface area (Å²) < 4.78 is 4.97. The van der Waals surface area contributed by atoms with Gasteiger partial charge in [0.05, 0.1) is 22.1 Å². The van der Waals surface area contributed by atoms with Crippen LogP contribution in [0.4, 0.5) is 0 Å². The van der Waals surface area contributed by atoms with Crippen LogP contribution in [0.5, 0.6) is 0 Å². The molecular formula is C55H38N2. The van der Waals surface area contributed by atoms with Gasteiger partial charge in [-0.15, -0.1) is 0 Å². The first-order valence-corrected chi connectivity index (χ1v) is 19.9. The van der Waals surface area contributed by atoms with Gasteiger partial charge in [0.25, 0.3) is 0 Å². The van der Waals surface area contributed by atoms with Crippen molar-refractivity contribution in [2.24, 2.45) is 0 Å². The zero-order valence-electron chi connectivity index (χ0n) is 31.9. The summed E-state index contributed by atoms with van der Waals surface area (Å²) in [6, 6.07) is 71.8. The SMILES string of the molecule is CC1(C)c2ccccc2-c2c1cc(-c1ccc3c(c1)c1ccccc1n3-c1ccccc1)c1c2c2ccccc2n1-c1cc(-c2ccccc2)c2ccccc2c1. The lowest BCUT2D eigenvalue weighted by atomic mass is 9.81. The van der Waals surface area contributed by atoms with Gasteiger partial charge in [-0.25, -0.2) is 0 Å². The van der Waals surface area contributed by atoms with Gasteiger partial charge in [0, 0.05) is 43.9 Å². The molecule has 0 fully saturated rings. The molecule has 9 aromatic carbocycles. The van der Waals surface area contributed by atoms with Crippen LogP contribution in [0.1, 0.15) is 25.0 Å². The predicted molar refractivity (Wildman–Crippen MR) is 241 cm³/mol. The van der Waals surface area contributed by atoms with Crippen molar-refractivity contribution >= 4 is 54.4 Å². The van der Waals surface area contributed by atoms with Crippen molar-refractivity contribution in [3.63, 3.8) is 0 Å². The molecule has 2 nitrogen and oxygen atoms in total. The topological polar surface area (TPSA) is 9.86 Å². The van der Waals surface area contributed by atoms with Crippen molar-refractivity contribution in [2.75, 3.05) is 0 Å². The number of aromatic nitrogens is 2. The van der Waals surface area contributed by atoms with Gasteiger partial charge in [-0.2, -0.15) is 0 Å². The zero-order chi connectivity index (χ0) is 37.8. The number of nitrogens with zero attached hydrogens (tertiary/aromatic N) is 2. The first-order valence-electron chi connectivity index (χ1n) is 19.9. The number of hydrogen-bond acceptors (Lipinski definition) is 0. The van der Waals surface area contributed by atoms with Gasteiger partial charge in [0.15, 0.2) is 0 Å². The van der Waals surface area contributed by atoms with E-state index in [-0.39, 0.29) is 5.41 Å². The van der Waals surface area contributed by atoms with E-state index in [0.717, 1.165) is 5.69 Å². The van der Waals surface area contributed by atoms with Crippen LogP contribution >= 0.6 is 0 Å². The molecule has 2 heterocycles. The average Bonchev–Trinajstić information content (AvgIpc) is 3.87. The molecule has 12 rings (SSSR count). The zero-order valence-corrected chi connectivity index (χ0v) is 31.9. The fraction of sp³-hybridized carbons (Fsp3) is 0.0545. The summed E-state index contributed by atoms with van der Waals surface area (Å²) in [5.74, 6) is 0. The summed E-state index contributed by atoms with van der Waals surface area (Å²) in [6.45, 7) is 4.80. The van der Waals surface area contributed by atoms with Gasteiger partial charge >= 0.3 is 0 Å². The second kappa shape index (κ2) is 11.9. The van der Waals surface area contributed by atoms with Crippen molar-refractivity contribution < 1.29 is 0 Å². The molecule has 0 aliphatic heterocycles. The maximum absolute atomic E-state index is 2.56. The minimum atomic E-state index is -0.172. The van der Waals surface area contributed by atoms with Crippen LogP contribution in [0, 0.1) is 0 Å². The third kappa shape index (κ3) is 4.53. The van der Waals surface area contributed by atoms with E-state index in [1.54, 1.807) is 0 Å². The standard InChI is InChI=1S/C55H38N2/c1-55(2)47-26-14-11-24-42(47)52-48(55)34-45(37-29-30-51-46(32-37)41-23-12-15-27-49(41)56(51)38-20-7-4-8-21-38)54-53(52)43-25-13-16-28-50(43)57(54)39-31-36-19-9-10-22-40(36)44(33-39)35-17-5-3-6-18-35/h3-34H,1-2H3. The Bertz CT molecular complexity index is 3420. The Morgan fingerprint density at radius 3 is 1.81 bits per heavy atom. The molecule has 0 spiro atoms. The molecule has 0 bridgehead atoms. The van der Waals surface area contributed by atoms with Crippen LogP contribution in [0.2, 0.25) is 0 Å². The van der Waals surface area contributed by atoms with Gasteiger partial charge in [-0.05, 0) is 104 Å². The molecule has 0 radical (unpaired) electrons. The molecule has 11 aromatic rings. The highest BCUT2D eigenvalue weighted by molar-refractivity contribution is 6.22. The maximum atomic E-state index is 2.56. The van der Waals surface area contributed by atoms with Gasteiger partial charge < -0.3 is 9.13 Å². The Morgan fingerprint density at radius 2 is 1.00 bits per heavy atom. The number of fused-ring (bicyclic) bond motifs is 11. The quantitative estimate of drug-likeness (QED) is 0.171. The van der Waals surface area contributed by atoms with Crippen LogP contribution in [0.3, 0.4) is 0 Å². The number of para-hydroxylation sites is 3. The predicted octanol–water partition coefficient (Wildman–Crippen LogP) is 14.7. The summed E-state index contributed by atoms with van der Waals surface area (Å²) in [5.41, 5.74) is 17.4. The number of rotatable bonds is 4. The Labute approximate surface area is 331 Å². The van der Waals surface area contributed by atoms with E-state index in [1.165, 1.54) is 105 Å². The lowest BCUT2D eigenvalue weighted by Gasteiger charge is -2.23. The Kier molecular flexibility index (Phi) is 6.72. The van der Waals surface area contributed by atoms with E-state index in [0.29, 0.717) is 0 Å². The van der Waals surface area contributed by atoms with Crippen molar-refractivity contribution in [3.05, 3.63) is 205 Å². The molecule has 0 N–H and O–H groups in total. The Balaban J connectivity index is 1.24. The second-order valence-electron chi connectivity index (χ2n) is 16.1. The van der Waals surface area contributed by atoms with Gasteiger partial charge in [0.1, 0.15) is 0 Å². The molecule has 268 valence electrons. The monoisotopic (exact) mass is 726 g/mol. The summed E-state index contributed by atoms with van der Waals surface area (Å²) >= 11 is 0. The molecule has 0 saturated heterocycles. The highest BCUT2D eigenvalue weighted by atomic mass is 15.0. The van der Waals surface area contributed by atoms with E-state index in [2.05, 4.69) is 217 Å².